The van der Waals surface area contributed by atoms with E-state index in [1.165, 1.54) is 5.01 Å². The minimum Gasteiger partial charge on any atom is -0.347 e. The number of rotatable bonds is 2. The molecule has 0 fully saturated rings. The highest BCUT2D eigenvalue weighted by molar-refractivity contribution is 5.67. The smallest absolute Gasteiger partial charge is 0.289 e. The van der Waals surface area contributed by atoms with E-state index in [-0.39, 0.29) is 0 Å². The Morgan fingerprint density at radius 1 is 1.16 bits per heavy atom. The summed E-state index contributed by atoms with van der Waals surface area (Å²) in [5.41, 5.74) is 3.46. The predicted molar refractivity (Wildman–Crippen MR) is 90.6 cm³/mol. The van der Waals surface area contributed by atoms with Gasteiger partial charge in [-0.3, -0.25) is 0 Å². The van der Waals surface area contributed by atoms with Gasteiger partial charge in [0.05, 0.1) is 5.22 Å². The van der Waals surface area contributed by atoms with Crippen LogP contribution in [0, 0.1) is 17.0 Å². The van der Waals surface area contributed by atoms with E-state index in [1.807, 2.05) is 31.2 Å². The fourth-order valence-corrected chi connectivity index (χ4v) is 3.15. The Bertz CT molecular complexity index is 936. The summed E-state index contributed by atoms with van der Waals surface area (Å²) in [6.45, 7) is 3.58. The van der Waals surface area contributed by atoms with Crippen molar-refractivity contribution in [3.05, 3.63) is 75.6 Å². The summed E-state index contributed by atoms with van der Waals surface area (Å²) in [6.07, 6.45) is -1.11. The lowest BCUT2D eigenvalue weighted by Crippen LogP contribution is -2.37. The average molecular weight is 338 g/mol. The lowest BCUT2D eigenvalue weighted by molar-refractivity contribution is -0.503. The Labute approximate surface area is 143 Å². The zero-order chi connectivity index (χ0) is 17.7. The first-order valence-corrected chi connectivity index (χ1v) is 7.79. The minimum atomic E-state index is -1.11. The monoisotopic (exact) mass is 338 g/mol. The Morgan fingerprint density at radius 3 is 2.52 bits per heavy atom. The maximum absolute atomic E-state index is 11.6. The second-order valence-corrected chi connectivity index (χ2v) is 5.96. The van der Waals surface area contributed by atoms with Gasteiger partial charge in [0.25, 0.3) is 6.23 Å². The molecule has 0 bridgehead atoms. The van der Waals surface area contributed by atoms with Crippen molar-refractivity contribution in [1.29, 1.82) is 0 Å². The van der Waals surface area contributed by atoms with Gasteiger partial charge in [0.15, 0.2) is 22.1 Å². The first-order chi connectivity index (χ1) is 12.0. The van der Waals surface area contributed by atoms with Crippen molar-refractivity contribution in [2.24, 2.45) is 5.22 Å². The van der Waals surface area contributed by atoms with E-state index in [9.17, 15) is 15.2 Å². The van der Waals surface area contributed by atoms with Crippen LogP contribution in [0.2, 0.25) is 0 Å². The largest absolute Gasteiger partial charge is 0.347 e. The number of aryl methyl sites for hydroxylation is 1. The van der Waals surface area contributed by atoms with Gasteiger partial charge < -0.3 is 5.11 Å². The van der Waals surface area contributed by atoms with Crippen LogP contribution in [0.15, 0.2) is 65.1 Å². The fourth-order valence-electron chi connectivity index (χ4n) is 3.15. The normalized spacial score (nSPS) is 18.8. The van der Waals surface area contributed by atoms with Gasteiger partial charge in [0.1, 0.15) is 5.70 Å². The molecule has 0 aliphatic carbocycles. The second-order valence-electron chi connectivity index (χ2n) is 5.96. The molecule has 2 aromatic rings. The van der Waals surface area contributed by atoms with Crippen LogP contribution in [-0.4, -0.2) is 21.1 Å². The first-order valence-electron chi connectivity index (χ1n) is 7.79. The number of para-hydroxylation sites is 2. The van der Waals surface area contributed by atoms with Crippen LogP contribution >= 0.6 is 0 Å². The van der Waals surface area contributed by atoms with Crippen molar-refractivity contribution in [2.45, 2.75) is 20.1 Å². The molecule has 25 heavy (non-hydrogen) atoms. The van der Waals surface area contributed by atoms with E-state index in [0.29, 0.717) is 28.5 Å². The van der Waals surface area contributed by atoms with Crippen molar-refractivity contribution >= 4 is 17.1 Å². The summed E-state index contributed by atoms with van der Waals surface area (Å²) in [6, 6.07) is 14.5. The number of fused-ring (bicyclic) bond motifs is 3. The van der Waals surface area contributed by atoms with Crippen LogP contribution in [-0.2, 0) is 0 Å². The Morgan fingerprint density at radius 2 is 1.84 bits per heavy atom. The van der Waals surface area contributed by atoms with Crippen LogP contribution in [0.1, 0.15) is 12.5 Å². The van der Waals surface area contributed by atoms with Gasteiger partial charge in [-0.1, -0.05) is 44.5 Å². The van der Waals surface area contributed by atoms with E-state index in [4.69, 9.17) is 0 Å². The highest BCUT2D eigenvalue weighted by Gasteiger charge is 2.49. The molecule has 0 radical (unpaired) electrons. The minimum absolute atomic E-state index is 0.328. The molecule has 4 rings (SSSR count). The van der Waals surface area contributed by atoms with E-state index in [0.717, 1.165) is 10.6 Å². The molecule has 1 atom stereocenters. The number of hydrogen-bond acceptors (Lipinski definition) is 5. The lowest BCUT2D eigenvalue weighted by atomic mass is 10.1. The van der Waals surface area contributed by atoms with E-state index in [1.54, 1.807) is 35.9 Å². The van der Waals surface area contributed by atoms with E-state index in [2.05, 4.69) is 5.22 Å². The van der Waals surface area contributed by atoms with Crippen molar-refractivity contribution in [2.75, 3.05) is 10.0 Å². The fraction of sp³-hybridized carbons (Fsp3) is 0.176. The summed E-state index contributed by atoms with van der Waals surface area (Å²) < 4.78 is 1.56. The zero-order valence-electron chi connectivity index (χ0n) is 13.7. The van der Waals surface area contributed by atoms with Crippen LogP contribution in [0.4, 0.5) is 17.1 Å². The topological polar surface area (TPSA) is 85.2 Å². The number of benzene rings is 2. The van der Waals surface area contributed by atoms with Gasteiger partial charge in [-0.25, -0.2) is 10.1 Å². The molecule has 2 aromatic carbocycles. The van der Waals surface area contributed by atoms with Gasteiger partial charge in [-0.2, -0.15) is 0 Å². The van der Waals surface area contributed by atoms with Gasteiger partial charge >= 0.3 is 0 Å². The highest BCUT2D eigenvalue weighted by atomic mass is 16.7. The van der Waals surface area contributed by atoms with Crippen LogP contribution in [0.3, 0.4) is 0 Å². The maximum atomic E-state index is 11.6. The third-order valence-electron chi connectivity index (χ3n) is 4.38. The summed E-state index contributed by atoms with van der Waals surface area (Å²) in [7, 11) is 0. The number of hydrogen-bond donors (Lipinski definition) is 1. The van der Waals surface area contributed by atoms with Crippen LogP contribution in [0.5, 0.6) is 0 Å². The van der Waals surface area contributed by atoms with Gasteiger partial charge in [0, 0.05) is 0 Å². The van der Waals surface area contributed by atoms with Gasteiger partial charge in [0.2, 0.25) is 5.70 Å². The maximum Gasteiger partial charge on any atom is 0.289 e. The number of aliphatic hydroxyl groups excluding tert-OH is 1. The average Bonchev–Trinajstić information content (AvgIpc) is 2.94. The van der Waals surface area contributed by atoms with E-state index >= 15 is 0 Å². The lowest BCUT2D eigenvalue weighted by Gasteiger charge is -2.22. The van der Waals surface area contributed by atoms with Crippen LogP contribution < -0.4 is 10.0 Å². The molecule has 2 aliphatic heterocycles. The van der Waals surface area contributed by atoms with Crippen LogP contribution in [0.25, 0.3) is 0 Å². The second kappa shape index (κ2) is 5.38. The number of nitrogens with zero attached hydrogens (tertiary/aromatic N) is 5. The van der Waals surface area contributed by atoms with E-state index < -0.39 is 11.3 Å². The third kappa shape index (κ3) is 2.18. The molecule has 0 saturated heterocycles. The number of allylic oxidation sites excluding steroid dienone is 1. The summed E-state index contributed by atoms with van der Waals surface area (Å²) in [4.78, 5) is 11.6. The van der Waals surface area contributed by atoms with Gasteiger partial charge in [-0.05, 0) is 38.1 Å². The Kier molecular flexibility index (Phi) is 3.29. The Hall–Kier alpha value is -3.26. The molecule has 126 valence electrons. The summed E-state index contributed by atoms with van der Waals surface area (Å²) >= 11 is 0. The molecule has 0 aromatic heterocycles. The van der Waals surface area contributed by atoms with Crippen molar-refractivity contribution < 1.29 is 14.8 Å². The van der Waals surface area contributed by atoms with Crippen molar-refractivity contribution in [3.63, 3.8) is 0 Å². The molecule has 8 nitrogen and oxygen atoms in total. The first kappa shape index (κ1) is 15.3. The molecule has 1 N–H and O–H groups in total. The SMILES string of the molecule is CC1=C2C(O)N(c3ccc(C)cc3)N=[N+]2c2ccccc2N1[N+](=O)[O-]. The molecule has 8 heteroatoms. The molecule has 2 aliphatic rings. The van der Waals surface area contributed by atoms with Crippen molar-refractivity contribution in [3.8, 4) is 0 Å². The summed E-state index contributed by atoms with van der Waals surface area (Å²) in [5, 5.41) is 28.8. The molecule has 0 spiro atoms. The van der Waals surface area contributed by atoms with Crippen molar-refractivity contribution in [1.82, 2.24) is 0 Å². The molecule has 2 heterocycles. The summed E-state index contributed by atoms with van der Waals surface area (Å²) in [5.74, 6) is 0. The molecule has 0 saturated carbocycles. The predicted octanol–water partition coefficient (Wildman–Crippen LogP) is 3.09. The van der Waals surface area contributed by atoms with Gasteiger partial charge in [-0.15, -0.1) is 0 Å². The quantitative estimate of drug-likeness (QED) is 0.517. The highest BCUT2D eigenvalue weighted by Crippen LogP contribution is 2.43. The number of anilines is 2. The number of aliphatic hydroxyl groups is 1. The molecule has 0 amide bonds. The number of nitro groups is 1. The standard InChI is InChI=1S/C17H16N5O3/c1-11-7-9-13(10-8-11)19-17(23)16-12(2)21(22(24)25)15-6-4-3-5-14(15)20(16)18-19/h3-10,17,23H,1-2H3/q+1. The molecular formula is C17H16N5O3+. The molecule has 1 unspecified atom stereocenters. The molecular weight excluding hydrogens is 322 g/mol. The zero-order valence-corrected chi connectivity index (χ0v) is 13.7. The Balaban J connectivity index is 1.90. The number of hydrazine groups is 1. The third-order valence-corrected chi connectivity index (χ3v) is 4.38.